The summed E-state index contributed by atoms with van der Waals surface area (Å²) in [5.41, 5.74) is 0. The third-order valence-corrected chi connectivity index (χ3v) is 4.16. The molecule has 98 valence electrons. The molecule has 8 heteroatoms. The van der Waals surface area contributed by atoms with E-state index >= 15 is 0 Å². The highest BCUT2D eigenvalue weighted by atomic mass is 35.5. The minimum Gasteiger partial charge on any atom is -0.447 e. The van der Waals surface area contributed by atoms with Gasteiger partial charge < -0.3 is 9.73 Å². The smallest absolute Gasteiger partial charge is 0.271 e. The molecule has 0 aliphatic heterocycles. The first kappa shape index (κ1) is 13.6. The normalized spacial score (nSPS) is 11.9. The monoisotopic (exact) mass is 306 g/mol. The van der Waals surface area contributed by atoms with Gasteiger partial charge in [0.25, 0.3) is 10.0 Å². The number of primary sulfonamides is 1. The topological polar surface area (TPSA) is 85.3 Å². The number of nitrogens with one attached hydrogen (secondary N) is 1. The Balaban J connectivity index is 1.89. The van der Waals surface area contributed by atoms with Crippen molar-refractivity contribution in [1.29, 1.82) is 0 Å². The van der Waals surface area contributed by atoms with E-state index in [1.807, 2.05) is 12.1 Å². The summed E-state index contributed by atoms with van der Waals surface area (Å²) in [7, 11) is -3.77. The van der Waals surface area contributed by atoms with E-state index in [1.54, 1.807) is 6.07 Å². The lowest BCUT2D eigenvalue weighted by molar-refractivity contribution is 0.402. The predicted molar refractivity (Wildman–Crippen MR) is 70.0 cm³/mol. The maximum atomic E-state index is 11.0. The van der Waals surface area contributed by atoms with Crippen molar-refractivity contribution < 1.29 is 12.8 Å². The molecule has 2 rings (SSSR count). The maximum Gasteiger partial charge on any atom is 0.271 e. The molecule has 0 saturated heterocycles. The van der Waals surface area contributed by atoms with Crippen LogP contribution in [0.15, 0.2) is 33.8 Å². The minimum atomic E-state index is -3.77. The number of halogens is 1. The van der Waals surface area contributed by atoms with Crippen molar-refractivity contribution in [2.24, 2.45) is 5.14 Å². The summed E-state index contributed by atoms with van der Waals surface area (Å²) in [5, 5.41) is 7.83. The molecule has 0 amide bonds. The fourth-order valence-electron chi connectivity index (χ4n) is 1.36. The molecule has 0 aliphatic rings. The van der Waals surface area contributed by atoms with Crippen molar-refractivity contribution in [2.75, 3.05) is 0 Å². The molecule has 18 heavy (non-hydrogen) atoms. The third-order valence-electron chi connectivity index (χ3n) is 2.14. The Bertz CT molecular complexity index is 633. The molecule has 2 aromatic heterocycles. The molecular formula is C10H11ClN2O3S2. The molecule has 2 aromatic rings. The van der Waals surface area contributed by atoms with E-state index in [0.717, 1.165) is 9.21 Å². The first-order valence-corrected chi connectivity index (χ1v) is 7.75. The van der Waals surface area contributed by atoms with Crippen LogP contribution in [-0.4, -0.2) is 8.42 Å². The van der Waals surface area contributed by atoms with Crippen LogP contribution in [0.5, 0.6) is 0 Å². The van der Waals surface area contributed by atoms with Gasteiger partial charge in [-0.1, -0.05) is 11.6 Å². The standard InChI is InChI=1S/C10H11ClN2O3S2/c11-9-3-2-8(17-9)6-13-5-7-1-4-10(16-7)18(12,14)15/h1-4,13H,5-6H2,(H2,12,14,15). The van der Waals surface area contributed by atoms with Crippen molar-refractivity contribution in [2.45, 2.75) is 18.2 Å². The number of hydrogen-bond donors (Lipinski definition) is 2. The van der Waals surface area contributed by atoms with Crippen LogP contribution in [0.2, 0.25) is 4.34 Å². The molecule has 2 heterocycles. The van der Waals surface area contributed by atoms with E-state index in [1.165, 1.54) is 17.4 Å². The second kappa shape index (κ2) is 5.41. The van der Waals surface area contributed by atoms with E-state index in [0.29, 0.717) is 18.8 Å². The van der Waals surface area contributed by atoms with Gasteiger partial charge in [0, 0.05) is 11.4 Å². The van der Waals surface area contributed by atoms with Gasteiger partial charge in [-0.2, -0.15) is 0 Å². The molecule has 3 N–H and O–H groups in total. The number of hydrogen-bond acceptors (Lipinski definition) is 5. The highest BCUT2D eigenvalue weighted by Crippen LogP contribution is 2.21. The minimum absolute atomic E-state index is 0.224. The van der Waals surface area contributed by atoms with Crippen LogP contribution >= 0.6 is 22.9 Å². The van der Waals surface area contributed by atoms with E-state index < -0.39 is 10.0 Å². The fraction of sp³-hybridized carbons (Fsp3) is 0.200. The van der Waals surface area contributed by atoms with Crippen molar-refractivity contribution >= 4 is 33.0 Å². The summed E-state index contributed by atoms with van der Waals surface area (Å²) in [5.74, 6) is 0.515. The lowest BCUT2D eigenvalue weighted by Gasteiger charge is -1.99. The van der Waals surface area contributed by atoms with Crippen molar-refractivity contribution in [3.8, 4) is 0 Å². The molecule has 0 bridgehead atoms. The van der Waals surface area contributed by atoms with Gasteiger partial charge in [0.05, 0.1) is 10.9 Å². The van der Waals surface area contributed by atoms with Crippen LogP contribution in [-0.2, 0) is 23.1 Å². The second-order valence-electron chi connectivity index (χ2n) is 3.58. The van der Waals surface area contributed by atoms with E-state index in [2.05, 4.69) is 5.32 Å². The number of nitrogens with two attached hydrogens (primary N) is 1. The molecule has 0 radical (unpaired) electrons. The SMILES string of the molecule is NS(=O)(=O)c1ccc(CNCc2ccc(Cl)s2)o1. The van der Waals surface area contributed by atoms with E-state index in [9.17, 15) is 8.42 Å². The zero-order valence-corrected chi connectivity index (χ0v) is 11.6. The average molecular weight is 307 g/mol. The van der Waals surface area contributed by atoms with Crippen molar-refractivity contribution in [3.63, 3.8) is 0 Å². The van der Waals surface area contributed by atoms with Crippen LogP contribution in [0.1, 0.15) is 10.6 Å². The largest absolute Gasteiger partial charge is 0.447 e. The van der Waals surface area contributed by atoms with Gasteiger partial charge in [-0.25, -0.2) is 13.6 Å². The Morgan fingerprint density at radius 3 is 2.61 bits per heavy atom. The molecule has 0 aliphatic carbocycles. The van der Waals surface area contributed by atoms with Gasteiger partial charge in [0.1, 0.15) is 5.76 Å². The summed E-state index contributed by atoms with van der Waals surface area (Å²) < 4.78 is 27.8. The Labute approximate surface area is 114 Å². The van der Waals surface area contributed by atoms with Crippen molar-refractivity contribution in [1.82, 2.24) is 5.32 Å². The van der Waals surface area contributed by atoms with Gasteiger partial charge in [-0.3, -0.25) is 0 Å². The summed E-state index contributed by atoms with van der Waals surface area (Å²) in [4.78, 5) is 1.10. The highest BCUT2D eigenvalue weighted by molar-refractivity contribution is 7.89. The summed E-state index contributed by atoms with van der Waals surface area (Å²) in [6.45, 7) is 1.06. The van der Waals surface area contributed by atoms with Gasteiger partial charge in [-0.15, -0.1) is 11.3 Å². The fourth-order valence-corrected chi connectivity index (χ4v) is 2.90. The zero-order valence-electron chi connectivity index (χ0n) is 9.22. The van der Waals surface area contributed by atoms with Crippen molar-refractivity contribution in [3.05, 3.63) is 39.2 Å². The number of thiophene rings is 1. The highest BCUT2D eigenvalue weighted by Gasteiger charge is 2.12. The van der Waals surface area contributed by atoms with Crippen LogP contribution in [0, 0.1) is 0 Å². The molecule has 0 atom stereocenters. The second-order valence-corrected chi connectivity index (χ2v) is 6.87. The van der Waals surface area contributed by atoms with Gasteiger partial charge in [0.2, 0.25) is 5.09 Å². The number of furan rings is 1. The zero-order chi connectivity index (χ0) is 13.2. The van der Waals surface area contributed by atoms with E-state index in [-0.39, 0.29) is 5.09 Å². The van der Waals surface area contributed by atoms with Gasteiger partial charge >= 0.3 is 0 Å². The maximum absolute atomic E-state index is 11.0. The Morgan fingerprint density at radius 2 is 2.06 bits per heavy atom. The lowest BCUT2D eigenvalue weighted by Crippen LogP contribution is -2.12. The molecule has 0 fully saturated rings. The predicted octanol–water partition coefficient (Wildman–Crippen LogP) is 1.93. The van der Waals surface area contributed by atoms with Gasteiger partial charge in [0.15, 0.2) is 0 Å². The summed E-state index contributed by atoms with van der Waals surface area (Å²) in [6.07, 6.45) is 0. The average Bonchev–Trinajstić information content (AvgIpc) is 2.87. The molecule has 0 spiro atoms. The first-order valence-electron chi connectivity index (χ1n) is 5.01. The molecule has 0 aromatic carbocycles. The molecule has 0 unspecified atom stereocenters. The Hall–Kier alpha value is -0.860. The van der Waals surface area contributed by atoms with Crippen LogP contribution < -0.4 is 10.5 Å². The van der Waals surface area contributed by atoms with E-state index in [4.69, 9.17) is 21.2 Å². The molecule has 5 nitrogen and oxygen atoms in total. The quantitative estimate of drug-likeness (QED) is 0.884. The third kappa shape index (κ3) is 3.56. The Kier molecular flexibility index (Phi) is 4.08. The molecule has 0 saturated carbocycles. The van der Waals surface area contributed by atoms with Gasteiger partial charge in [-0.05, 0) is 24.3 Å². The lowest BCUT2D eigenvalue weighted by atomic mass is 10.4. The van der Waals surface area contributed by atoms with Crippen LogP contribution in [0.4, 0.5) is 0 Å². The summed E-state index contributed by atoms with van der Waals surface area (Å²) >= 11 is 7.29. The number of sulfonamides is 1. The Morgan fingerprint density at radius 1 is 1.28 bits per heavy atom. The molecular weight excluding hydrogens is 296 g/mol. The van der Waals surface area contributed by atoms with Crippen LogP contribution in [0.25, 0.3) is 0 Å². The first-order chi connectivity index (χ1) is 8.45. The van der Waals surface area contributed by atoms with Crippen LogP contribution in [0.3, 0.4) is 0 Å². The summed E-state index contributed by atoms with van der Waals surface area (Å²) in [6, 6.07) is 6.68. The number of rotatable bonds is 5.